The predicted octanol–water partition coefficient (Wildman–Crippen LogP) is 2.43. The molecule has 2 aliphatic carbocycles. The summed E-state index contributed by atoms with van der Waals surface area (Å²) in [5.41, 5.74) is -0.134. The molecule has 0 radical (unpaired) electrons. The van der Waals surface area contributed by atoms with E-state index in [1.807, 2.05) is 0 Å². The van der Waals surface area contributed by atoms with Crippen LogP contribution in [0.15, 0.2) is 6.07 Å². The highest BCUT2D eigenvalue weighted by molar-refractivity contribution is 5.83. The second kappa shape index (κ2) is 4.01. The van der Waals surface area contributed by atoms with Crippen LogP contribution in [0.25, 0.3) is 0 Å². The Morgan fingerprint density at radius 3 is 2.67 bits per heavy atom. The Balaban J connectivity index is 1.49. The smallest absolute Gasteiger partial charge is 0.335 e. The fraction of sp³-hybridized carbons (Fsp3) is 0.714. The van der Waals surface area contributed by atoms with E-state index in [1.54, 1.807) is 4.90 Å². The first-order valence-corrected chi connectivity index (χ1v) is 7.32. The van der Waals surface area contributed by atoms with Gasteiger partial charge in [-0.1, -0.05) is 6.42 Å². The fourth-order valence-corrected chi connectivity index (χ4v) is 3.69. The SMILES string of the molecule is O=C(C1CC12CCC2)N1CCn2nc(C(F)(F)F)cc2C1. The standard InChI is InChI=1S/C14H16F3N3O/c15-14(16,17)11-6-9-8-19(4-5-20(9)18-11)12(21)10-7-13(10)2-1-3-13/h6,10H,1-5,7-8H2. The molecule has 7 heteroatoms. The van der Waals surface area contributed by atoms with Crippen LogP contribution < -0.4 is 0 Å². The summed E-state index contributed by atoms with van der Waals surface area (Å²) in [6.45, 7) is 1.04. The molecule has 114 valence electrons. The third-order valence-corrected chi connectivity index (χ3v) is 5.24. The molecule has 1 amide bonds. The van der Waals surface area contributed by atoms with Gasteiger partial charge in [-0.05, 0) is 30.7 Å². The van der Waals surface area contributed by atoms with Crippen molar-refractivity contribution in [1.29, 1.82) is 0 Å². The summed E-state index contributed by atoms with van der Waals surface area (Å²) in [6.07, 6.45) is 0.00729. The van der Waals surface area contributed by atoms with E-state index in [-0.39, 0.29) is 23.8 Å². The zero-order chi connectivity index (χ0) is 14.8. The van der Waals surface area contributed by atoms with Crippen molar-refractivity contribution in [3.63, 3.8) is 0 Å². The normalized spacial score (nSPS) is 26.4. The summed E-state index contributed by atoms with van der Waals surface area (Å²) in [5, 5.41) is 3.59. The van der Waals surface area contributed by atoms with Gasteiger partial charge >= 0.3 is 6.18 Å². The molecule has 3 aliphatic rings. The van der Waals surface area contributed by atoms with Crippen LogP contribution in [0.3, 0.4) is 0 Å². The molecule has 2 saturated carbocycles. The maximum absolute atomic E-state index is 12.7. The topological polar surface area (TPSA) is 38.1 Å². The minimum absolute atomic E-state index is 0.114. The van der Waals surface area contributed by atoms with Crippen molar-refractivity contribution in [2.24, 2.45) is 11.3 Å². The molecule has 1 unspecified atom stereocenters. The van der Waals surface area contributed by atoms with Gasteiger partial charge < -0.3 is 4.90 Å². The summed E-state index contributed by atoms with van der Waals surface area (Å²) in [6, 6.07) is 1.06. The lowest BCUT2D eigenvalue weighted by molar-refractivity contribution is -0.141. The Bertz CT molecular complexity index is 603. The third kappa shape index (κ3) is 1.97. The van der Waals surface area contributed by atoms with Crippen molar-refractivity contribution < 1.29 is 18.0 Å². The van der Waals surface area contributed by atoms with Gasteiger partial charge in [0.1, 0.15) is 0 Å². The van der Waals surface area contributed by atoms with Crippen LogP contribution in [0, 0.1) is 11.3 Å². The first-order chi connectivity index (χ1) is 9.89. The van der Waals surface area contributed by atoms with Crippen molar-refractivity contribution in [3.8, 4) is 0 Å². The first-order valence-electron chi connectivity index (χ1n) is 7.32. The zero-order valence-corrected chi connectivity index (χ0v) is 11.5. The number of nitrogens with zero attached hydrogens (tertiary/aromatic N) is 3. The number of carbonyl (C=O) groups is 1. The number of aromatic nitrogens is 2. The fourth-order valence-electron chi connectivity index (χ4n) is 3.69. The Hall–Kier alpha value is -1.53. The van der Waals surface area contributed by atoms with Crippen LogP contribution in [-0.4, -0.2) is 27.1 Å². The van der Waals surface area contributed by atoms with Crippen molar-refractivity contribution in [2.75, 3.05) is 6.54 Å². The van der Waals surface area contributed by atoms with Gasteiger partial charge in [-0.15, -0.1) is 0 Å². The molecule has 21 heavy (non-hydrogen) atoms. The molecule has 1 aromatic heterocycles. The molecule has 1 aromatic rings. The average Bonchev–Trinajstić information content (AvgIpc) is 3.00. The summed E-state index contributed by atoms with van der Waals surface area (Å²) in [5.74, 6) is 0.235. The highest BCUT2D eigenvalue weighted by Crippen LogP contribution is 2.66. The molecule has 2 fully saturated rings. The minimum Gasteiger partial charge on any atom is -0.335 e. The van der Waals surface area contributed by atoms with Gasteiger partial charge in [-0.2, -0.15) is 18.3 Å². The van der Waals surface area contributed by atoms with Crippen LogP contribution in [0.2, 0.25) is 0 Å². The van der Waals surface area contributed by atoms with Gasteiger partial charge in [0.2, 0.25) is 5.91 Å². The summed E-state index contributed by atoms with van der Waals surface area (Å²) < 4.78 is 39.4. The first kappa shape index (κ1) is 13.2. The Labute approximate surface area is 119 Å². The molecule has 4 nitrogen and oxygen atoms in total. The number of alkyl halides is 3. The summed E-state index contributed by atoms with van der Waals surface area (Å²) in [7, 11) is 0. The van der Waals surface area contributed by atoms with Gasteiger partial charge in [0, 0.05) is 12.5 Å². The van der Waals surface area contributed by atoms with E-state index in [0.717, 1.165) is 25.3 Å². The lowest BCUT2D eigenvalue weighted by Gasteiger charge is -2.31. The van der Waals surface area contributed by atoms with Gasteiger partial charge in [0.15, 0.2) is 5.69 Å². The second-order valence-electron chi connectivity index (χ2n) is 6.47. The van der Waals surface area contributed by atoms with Crippen molar-refractivity contribution in [1.82, 2.24) is 14.7 Å². The molecule has 1 spiro atoms. The number of amides is 1. The van der Waals surface area contributed by atoms with E-state index in [2.05, 4.69) is 5.10 Å². The summed E-state index contributed by atoms with van der Waals surface area (Å²) in [4.78, 5) is 14.2. The van der Waals surface area contributed by atoms with E-state index in [4.69, 9.17) is 0 Å². The predicted molar refractivity (Wildman–Crippen MR) is 67.0 cm³/mol. The minimum atomic E-state index is -4.42. The van der Waals surface area contributed by atoms with E-state index in [9.17, 15) is 18.0 Å². The monoisotopic (exact) mass is 299 g/mol. The number of fused-ring (bicyclic) bond motifs is 1. The van der Waals surface area contributed by atoms with Crippen LogP contribution in [0.5, 0.6) is 0 Å². The highest BCUT2D eigenvalue weighted by Gasteiger charge is 2.61. The van der Waals surface area contributed by atoms with E-state index in [0.29, 0.717) is 18.8 Å². The molecule has 0 saturated heterocycles. The Kier molecular flexibility index (Phi) is 2.52. The molecule has 0 aromatic carbocycles. The van der Waals surface area contributed by atoms with E-state index in [1.165, 1.54) is 11.1 Å². The number of rotatable bonds is 1. The van der Waals surface area contributed by atoms with Gasteiger partial charge in [-0.25, -0.2) is 0 Å². The van der Waals surface area contributed by atoms with Gasteiger partial charge in [0.25, 0.3) is 0 Å². The molecular formula is C14H16F3N3O. The second-order valence-corrected chi connectivity index (χ2v) is 6.47. The molecular weight excluding hydrogens is 283 g/mol. The molecule has 2 heterocycles. The average molecular weight is 299 g/mol. The summed E-state index contributed by atoms with van der Waals surface area (Å²) >= 11 is 0. The van der Waals surface area contributed by atoms with Gasteiger partial charge in [-0.3, -0.25) is 9.48 Å². The number of hydrogen-bond donors (Lipinski definition) is 0. The lowest BCUT2D eigenvalue weighted by Crippen LogP contribution is -2.40. The van der Waals surface area contributed by atoms with Crippen LogP contribution >= 0.6 is 0 Å². The quantitative estimate of drug-likeness (QED) is 0.799. The maximum Gasteiger partial charge on any atom is 0.435 e. The molecule has 0 N–H and O–H groups in total. The van der Waals surface area contributed by atoms with E-state index >= 15 is 0 Å². The van der Waals surface area contributed by atoms with Crippen LogP contribution in [0.4, 0.5) is 13.2 Å². The lowest BCUT2D eigenvalue weighted by atomic mass is 9.79. The van der Waals surface area contributed by atoms with Crippen molar-refractivity contribution in [2.45, 2.75) is 44.9 Å². The Morgan fingerprint density at radius 2 is 2.10 bits per heavy atom. The highest BCUT2D eigenvalue weighted by atomic mass is 19.4. The number of carbonyl (C=O) groups excluding carboxylic acids is 1. The Morgan fingerprint density at radius 1 is 1.33 bits per heavy atom. The maximum atomic E-state index is 12.7. The van der Waals surface area contributed by atoms with Crippen molar-refractivity contribution >= 4 is 5.91 Å². The molecule has 0 bridgehead atoms. The zero-order valence-electron chi connectivity index (χ0n) is 11.5. The van der Waals surface area contributed by atoms with Crippen LogP contribution in [0.1, 0.15) is 37.1 Å². The molecule has 1 aliphatic heterocycles. The largest absolute Gasteiger partial charge is 0.435 e. The molecule has 4 rings (SSSR count). The number of halogens is 3. The van der Waals surface area contributed by atoms with Crippen molar-refractivity contribution in [3.05, 3.63) is 17.5 Å². The number of hydrogen-bond acceptors (Lipinski definition) is 2. The van der Waals surface area contributed by atoms with Crippen LogP contribution in [-0.2, 0) is 24.1 Å². The third-order valence-electron chi connectivity index (χ3n) is 5.24. The van der Waals surface area contributed by atoms with E-state index < -0.39 is 11.9 Å². The van der Waals surface area contributed by atoms with Gasteiger partial charge in [0.05, 0.1) is 18.8 Å². The molecule has 1 atom stereocenters.